The fourth-order valence-electron chi connectivity index (χ4n) is 4.43. The van der Waals surface area contributed by atoms with Gasteiger partial charge in [-0.1, -0.05) is 0 Å². The van der Waals surface area contributed by atoms with Gasteiger partial charge in [0.25, 0.3) is 5.91 Å². The highest BCUT2D eigenvalue weighted by Crippen LogP contribution is 2.34. The first-order chi connectivity index (χ1) is 12.6. The number of nitrogens with one attached hydrogen (secondary N) is 1. The van der Waals surface area contributed by atoms with Gasteiger partial charge in [0.2, 0.25) is 0 Å². The first kappa shape index (κ1) is 17.6. The largest absolute Gasteiger partial charge is 0.496 e. The van der Waals surface area contributed by atoms with Crippen molar-refractivity contribution in [2.24, 2.45) is 5.92 Å². The molecule has 2 saturated heterocycles. The summed E-state index contributed by atoms with van der Waals surface area (Å²) in [7, 11) is 3.86. The second kappa shape index (κ2) is 7.45. The van der Waals surface area contributed by atoms with E-state index in [0.29, 0.717) is 17.9 Å². The van der Waals surface area contributed by atoms with Crippen LogP contribution in [0.5, 0.6) is 5.75 Å². The van der Waals surface area contributed by atoms with Gasteiger partial charge >= 0.3 is 0 Å². The lowest BCUT2D eigenvalue weighted by Gasteiger charge is -2.38. The number of piperazine rings is 1. The summed E-state index contributed by atoms with van der Waals surface area (Å²) in [6, 6.07) is 4.20. The number of methoxy groups -OCH3 is 1. The number of likely N-dealkylation sites (N-methyl/N-ethyl adjacent to an activating group) is 1. The molecule has 4 rings (SSSR count). The molecule has 0 aliphatic carbocycles. The Hall–Kier alpha value is -1.79. The zero-order valence-corrected chi connectivity index (χ0v) is 16.0. The van der Waals surface area contributed by atoms with Crippen molar-refractivity contribution in [3.8, 4) is 5.75 Å². The minimum absolute atomic E-state index is 0.0192. The maximum Gasteiger partial charge on any atom is 0.255 e. The van der Waals surface area contributed by atoms with Crippen LogP contribution in [0.15, 0.2) is 12.1 Å². The van der Waals surface area contributed by atoms with E-state index in [1.165, 1.54) is 51.3 Å². The number of hydrogen-bond donors (Lipinski definition) is 1. The lowest BCUT2D eigenvalue weighted by Crippen LogP contribution is -2.47. The number of fused-ring (bicyclic) bond motifs is 1. The topological polar surface area (TPSA) is 48.1 Å². The molecule has 0 aromatic heterocycles. The van der Waals surface area contributed by atoms with Gasteiger partial charge in [-0.3, -0.25) is 4.79 Å². The first-order valence-corrected chi connectivity index (χ1v) is 9.79. The van der Waals surface area contributed by atoms with E-state index in [1.807, 2.05) is 6.07 Å². The number of anilines is 1. The number of rotatable bonds is 4. The van der Waals surface area contributed by atoms with Crippen LogP contribution in [0.1, 0.15) is 28.8 Å². The highest BCUT2D eigenvalue weighted by molar-refractivity contribution is 6.01. The van der Waals surface area contributed by atoms with Crippen LogP contribution < -0.4 is 15.0 Å². The number of benzene rings is 1. The van der Waals surface area contributed by atoms with Crippen molar-refractivity contribution in [2.75, 3.05) is 64.9 Å². The molecule has 0 atom stereocenters. The summed E-state index contributed by atoms with van der Waals surface area (Å²) >= 11 is 0. The van der Waals surface area contributed by atoms with Crippen LogP contribution in [0.25, 0.3) is 0 Å². The lowest BCUT2D eigenvalue weighted by molar-refractivity contribution is 0.0963. The van der Waals surface area contributed by atoms with E-state index in [4.69, 9.17) is 4.74 Å². The van der Waals surface area contributed by atoms with Crippen molar-refractivity contribution in [2.45, 2.75) is 19.4 Å². The van der Waals surface area contributed by atoms with Crippen LogP contribution in [-0.2, 0) is 6.54 Å². The van der Waals surface area contributed by atoms with Gasteiger partial charge in [0, 0.05) is 64.1 Å². The molecule has 1 aromatic carbocycles. The molecule has 1 aromatic rings. The number of carbonyl (C=O) groups excluding carboxylic acids is 1. The van der Waals surface area contributed by atoms with Gasteiger partial charge in [-0.2, -0.15) is 0 Å². The Bertz CT molecular complexity index is 662. The van der Waals surface area contributed by atoms with Crippen molar-refractivity contribution in [3.63, 3.8) is 0 Å². The predicted molar refractivity (Wildman–Crippen MR) is 103 cm³/mol. The van der Waals surface area contributed by atoms with Crippen molar-refractivity contribution >= 4 is 11.6 Å². The SMILES string of the molecule is COc1cc(N2CCC(CN3CCN(C)CC3)CC2)cc2c1C(=O)NC2. The Balaban J connectivity index is 1.37. The molecule has 6 nitrogen and oxygen atoms in total. The number of amides is 1. The van der Waals surface area contributed by atoms with Gasteiger partial charge in [0.15, 0.2) is 0 Å². The van der Waals surface area contributed by atoms with E-state index in [9.17, 15) is 4.79 Å². The molecule has 142 valence electrons. The van der Waals surface area contributed by atoms with Crippen LogP contribution in [-0.4, -0.2) is 75.7 Å². The Kier molecular flexibility index (Phi) is 5.05. The number of hydrogen-bond acceptors (Lipinski definition) is 5. The molecule has 3 aliphatic rings. The molecule has 0 saturated carbocycles. The predicted octanol–water partition coefficient (Wildman–Crippen LogP) is 1.40. The van der Waals surface area contributed by atoms with Gasteiger partial charge in [-0.15, -0.1) is 0 Å². The van der Waals surface area contributed by atoms with Gasteiger partial charge in [-0.25, -0.2) is 0 Å². The van der Waals surface area contributed by atoms with E-state index < -0.39 is 0 Å². The number of carbonyl (C=O) groups is 1. The third-order valence-corrected chi connectivity index (χ3v) is 6.15. The molecular formula is C20H30N4O2. The molecule has 3 heterocycles. The molecule has 2 fully saturated rings. The summed E-state index contributed by atoms with van der Waals surface area (Å²) in [5.74, 6) is 1.48. The molecule has 6 heteroatoms. The summed E-state index contributed by atoms with van der Waals surface area (Å²) in [4.78, 5) is 19.5. The third kappa shape index (κ3) is 3.53. The van der Waals surface area contributed by atoms with Gasteiger partial charge in [0.1, 0.15) is 5.75 Å². The number of nitrogens with zero attached hydrogens (tertiary/aromatic N) is 3. The fourth-order valence-corrected chi connectivity index (χ4v) is 4.43. The third-order valence-electron chi connectivity index (χ3n) is 6.15. The van der Waals surface area contributed by atoms with Crippen molar-refractivity contribution in [3.05, 3.63) is 23.3 Å². The van der Waals surface area contributed by atoms with Crippen molar-refractivity contribution in [1.29, 1.82) is 0 Å². The van der Waals surface area contributed by atoms with Crippen LogP contribution in [0.3, 0.4) is 0 Å². The van der Waals surface area contributed by atoms with E-state index >= 15 is 0 Å². The molecular weight excluding hydrogens is 328 g/mol. The van der Waals surface area contributed by atoms with Crippen molar-refractivity contribution < 1.29 is 9.53 Å². The Labute approximate surface area is 156 Å². The summed E-state index contributed by atoms with van der Waals surface area (Å²) in [6.45, 7) is 8.83. The highest BCUT2D eigenvalue weighted by Gasteiger charge is 2.27. The lowest BCUT2D eigenvalue weighted by atomic mass is 9.95. The summed E-state index contributed by atoms with van der Waals surface area (Å²) in [6.07, 6.45) is 2.48. The minimum atomic E-state index is -0.0192. The van der Waals surface area contributed by atoms with Crippen LogP contribution >= 0.6 is 0 Å². The number of ether oxygens (including phenoxy) is 1. The summed E-state index contributed by atoms with van der Waals surface area (Å²) in [5.41, 5.74) is 2.96. The summed E-state index contributed by atoms with van der Waals surface area (Å²) in [5, 5.41) is 2.90. The van der Waals surface area contributed by atoms with Gasteiger partial charge in [0.05, 0.1) is 12.7 Å². The van der Waals surface area contributed by atoms with Crippen LogP contribution in [0.2, 0.25) is 0 Å². The van der Waals surface area contributed by atoms with E-state index in [0.717, 1.165) is 24.6 Å². The molecule has 0 spiro atoms. The maximum atomic E-state index is 12.0. The standard InChI is InChI=1S/C20H30N4O2/c1-22-7-9-23(10-8-22)14-15-3-5-24(6-4-15)17-11-16-13-21-20(25)19(16)18(12-17)26-2/h11-12,15H,3-10,13-14H2,1-2H3,(H,21,25). The fraction of sp³-hybridized carbons (Fsp3) is 0.650. The Morgan fingerprint density at radius 1 is 1.12 bits per heavy atom. The van der Waals surface area contributed by atoms with Crippen molar-refractivity contribution in [1.82, 2.24) is 15.1 Å². The molecule has 1 N–H and O–H groups in total. The van der Waals surface area contributed by atoms with Gasteiger partial charge < -0.3 is 24.8 Å². The van der Waals surface area contributed by atoms with Crippen LogP contribution in [0, 0.1) is 5.92 Å². The molecule has 26 heavy (non-hydrogen) atoms. The quantitative estimate of drug-likeness (QED) is 0.882. The second-order valence-corrected chi connectivity index (χ2v) is 7.90. The monoisotopic (exact) mass is 358 g/mol. The average molecular weight is 358 g/mol. The molecule has 0 bridgehead atoms. The van der Waals surface area contributed by atoms with Crippen LogP contribution in [0.4, 0.5) is 5.69 Å². The molecule has 0 unspecified atom stereocenters. The first-order valence-electron chi connectivity index (χ1n) is 9.79. The normalized spacial score (nSPS) is 22.4. The smallest absolute Gasteiger partial charge is 0.255 e. The zero-order valence-electron chi connectivity index (χ0n) is 16.0. The second-order valence-electron chi connectivity index (χ2n) is 7.90. The van der Waals surface area contributed by atoms with E-state index in [-0.39, 0.29) is 5.91 Å². The average Bonchev–Trinajstić information content (AvgIpc) is 3.04. The molecule has 1 amide bonds. The Morgan fingerprint density at radius 2 is 1.85 bits per heavy atom. The highest BCUT2D eigenvalue weighted by atomic mass is 16.5. The van der Waals surface area contributed by atoms with E-state index in [1.54, 1.807) is 7.11 Å². The summed E-state index contributed by atoms with van der Waals surface area (Å²) < 4.78 is 5.49. The molecule has 0 radical (unpaired) electrons. The Morgan fingerprint density at radius 3 is 2.54 bits per heavy atom. The maximum absolute atomic E-state index is 12.0. The van der Waals surface area contributed by atoms with E-state index in [2.05, 4.69) is 33.1 Å². The minimum Gasteiger partial charge on any atom is -0.496 e. The molecule has 3 aliphatic heterocycles. The van der Waals surface area contributed by atoms with Gasteiger partial charge in [-0.05, 0) is 37.4 Å². The number of piperidine rings is 1. The zero-order chi connectivity index (χ0) is 18.1.